The number of aryl methyl sites for hydroxylation is 6. The largest absolute Gasteiger partial charge is 0.355 e. The summed E-state index contributed by atoms with van der Waals surface area (Å²) < 4.78 is 34.1. The molecule has 2 aromatic carbocycles. The molecule has 0 radical (unpaired) electrons. The molecular weight excluding hydrogens is 486 g/mol. The molecule has 1 saturated heterocycles. The van der Waals surface area contributed by atoms with Crippen LogP contribution in [0.25, 0.3) is 12.2 Å². The fourth-order valence-electron chi connectivity index (χ4n) is 5.19. The number of carbonyl (C=O) groups is 1. The Balaban J connectivity index is 1.48. The number of hydrogen-bond donors (Lipinski definition) is 1. The van der Waals surface area contributed by atoms with Gasteiger partial charge >= 0.3 is 0 Å². The van der Waals surface area contributed by atoms with Gasteiger partial charge in [-0.15, -0.1) is 0 Å². The topological polar surface area (TPSA) is 92.5 Å². The van der Waals surface area contributed by atoms with E-state index in [0.717, 1.165) is 33.5 Å². The lowest BCUT2D eigenvalue weighted by Gasteiger charge is -2.30. The van der Waals surface area contributed by atoms with Gasteiger partial charge in [0, 0.05) is 24.7 Å². The number of benzene rings is 2. The van der Waals surface area contributed by atoms with Crippen LogP contribution in [0.2, 0.25) is 0 Å². The zero-order valence-electron chi connectivity index (χ0n) is 22.4. The Morgan fingerprint density at radius 2 is 1.49 bits per heavy atom. The van der Waals surface area contributed by atoms with Crippen molar-refractivity contribution >= 4 is 33.8 Å². The van der Waals surface area contributed by atoms with Crippen molar-refractivity contribution in [3.05, 3.63) is 75.2 Å². The molecule has 0 spiro atoms. The van der Waals surface area contributed by atoms with Crippen molar-refractivity contribution in [2.75, 3.05) is 18.4 Å². The van der Waals surface area contributed by atoms with Gasteiger partial charge < -0.3 is 9.84 Å². The Labute approximate surface area is 219 Å². The van der Waals surface area contributed by atoms with Crippen molar-refractivity contribution in [2.24, 2.45) is 5.92 Å². The van der Waals surface area contributed by atoms with Crippen LogP contribution in [0.4, 0.5) is 5.69 Å². The van der Waals surface area contributed by atoms with E-state index in [4.69, 9.17) is 4.52 Å². The Bertz CT molecular complexity index is 1420. The molecule has 2 heterocycles. The van der Waals surface area contributed by atoms with Gasteiger partial charge in [0.15, 0.2) is 10.7 Å². The molecule has 1 fully saturated rings. The first-order valence-corrected chi connectivity index (χ1v) is 14.0. The molecule has 8 heteroatoms. The highest BCUT2D eigenvalue weighted by atomic mass is 32.2. The fourth-order valence-corrected chi connectivity index (χ4v) is 6.91. The van der Waals surface area contributed by atoms with Gasteiger partial charge in [-0.3, -0.25) is 4.79 Å². The standard InChI is InChI=1S/C29H35N3O4S/c1-18-13-19(2)17-25(16-18)30-29(33)24-9-11-32(12-10-24)37(34,35)28-23(6)31-36-27(28)8-7-26-21(4)14-20(3)15-22(26)5/h7-8,13-17,24H,9-12H2,1-6H3,(H,30,33). The van der Waals surface area contributed by atoms with Crippen LogP contribution >= 0.6 is 0 Å². The second-order valence-electron chi connectivity index (χ2n) is 10.2. The maximum atomic E-state index is 13.6. The number of nitrogens with one attached hydrogen (secondary N) is 1. The van der Waals surface area contributed by atoms with Gasteiger partial charge in [-0.1, -0.05) is 35.0 Å². The van der Waals surface area contributed by atoms with E-state index in [1.54, 1.807) is 13.0 Å². The van der Waals surface area contributed by atoms with Crippen LogP contribution in [-0.4, -0.2) is 36.9 Å². The van der Waals surface area contributed by atoms with Crippen LogP contribution in [0, 0.1) is 47.5 Å². The van der Waals surface area contributed by atoms with E-state index < -0.39 is 10.0 Å². The molecule has 0 unspecified atom stereocenters. The number of sulfonamides is 1. The minimum absolute atomic E-state index is 0.0735. The zero-order chi connectivity index (χ0) is 26.9. The third-order valence-electron chi connectivity index (χ3n) is 6.88. The quantitative estimate of drug-likeness (QED) is 0.447. The van der Waals surface area contributed by atoms with E-state index in [1.165, 1.54) is 9.87 Å². The van der Waals surface area contributed by atoms with Crippen LogP contribution < -0.4 is 5.32 Å². The van der Waals surface area contributed by atoms with Crippen molar-refractivity contribution in [3.63, 3.8) is 0 Å². The first-order chi connectivity index (χ1) is 17.5. The molecule has 0 atom stereocenters. The average Bonchev–Trinajstić information content (AvgIpc) is 3.18. The highest BCUT2D eigenvalue weighted by Crippen LogP contribution is 2.30. The summed E-state index contributed by atoms with van der Waals surface area (Å²) in [6.07, 6.45) is 4.47. The smallest absolute Gasteiger partial charge is 0.248 e. The summed E-state index contributed by atoms with van der Waals surface area (Å²) in [5.74, 6) is -0.107. The van der Waals surface area contributed by atoms with Gasteiger partial charge in [-0.05, 0) is 100 Å². The predicted molar refractivity (Wildman–Crippen MR) is 147 cm³/mol. The molecule has 1 aromatic heterocycles. The van der Waals surface area contributed by atoms with Gasteiger partial charge in [0.25, 0.3) is 0 Å². The molecule has 1 N–H and O–H groups in total. The van der Waals surface area contributed by atoms with Gasteiger partial charge in [0.05, 0.1) is 0 Å². The van der Waals surface area contributed by atoms with E-state index in [2.05, 4.69) is 28.7 Å². The van der Waals surface area contributed by atoms with Gasteiger partial charge in [0.1, 0.15) is 5.69 Å². The number of hydrogen-bond acceptors (Lipinski definition) is 5. The number of carbonyl (C=O) groups excluding carboxylic acids is 1. The second kappa shape index (κ2) is 10.6. The van der Waals surface area contributed by atoms with E-state index >= 15 is 0 Å². The second-order valence-corrected chi connectivity index (χ2v) is 12.0. The van der Waals surface area contributed by atoms with E-state index in [1.807, 2.05) is 52.8 Å². The van der Waals surface area contributed by atoms with Crippen molar-refractivity contribution in [2.45, 2.75) is 59.3 Å². The molecular formula is C29H35N3O4S. The Kier molecular flexibility index (Phi) is 7.71. The van der Waals surface area contributed by atoms with Gasteiger partial charge in [-0.2, -0.15) is 4.31 Å². The van der Waals surface area contributed by atoms with Crippen LogP contribution in [0.3, 0.4) is 0 Å². The van der Waals surface area contributed by atoms with Crippen LogP contribution in [0.1, 0.15) is 57.7 Å². The van der Waals surface area contributed by atoms with Crippen LogP contribution in [0.15, 0.2) is 39.8 Å². The highest BCUT2D eigenvalue weighted by molar-refractivity contribution is 7.89. The van der Waals surface area contributed by atoms with Crippen molar-refractivity contribution in [1.29, 1.82) is 0 Å². The lowest BCUT2D eigenvalue weighted by atomic mass is 9.97. The van der Waals surface area contributed by atoms with E-state index in [9.17, 15) is 13.2 Å². The minimum atomic E-state index is -3.84. The summed E-state index contributed by atoms with van der Waals surface area (Å²) >= 11 is 0. The van der Waals surface area contributed by atoms with Crippen molar-refractivity contribution in [1.82, 2.24) is 9.46 Å². The molecule has 1 aliphatic rings. The maximum Gasteiger partial charge on any atom is 0.248 e. The first-order valence-electron chi connectivity index (χ1n) is 12.6. The molecule has 0 bridgehead atoms. The van der Waals surface area contributed by atoms with Gasteiger partial charge in [-0.25, -0.2) is 8.42 Å². The molecule has 0 aliphatic carbocycles. The number of anilines is 1. The maximum absolute atomic E-state index is 13.6. The zero-order valence-corrected chi connectivity index (χ0v) is 23.2. The summed E-state index contributed by atoms with van der Waals surface area (Å²) in [7, 11) is -3.84. The molecule has 3 aromatic rings. The highest BCUT2D eigenvalue weighted by Gasteiger charge is 2.36. The Morgan fingerprint density at radius 3 is 2.08 bits per heavy atom. The summed E-state index contributed by atoms with van der Waals surface area (Å²) in [6, 6.07) is 10.1. The SMILES string of the molecule is Cc1cc(C)cc(NC(=O)C2CCN(S(=O)(=O)c3c(C)noc3C=Cc3c(C)cc(C)cc3C)CC2)c1. The number of aromatic nitrogens is 1. The summed E-state index contributed by atoms with van der Waals surface area (Å²) in [5.41, 5.74) is 7.68. The molecule has 0 saturated carbocycles. The lowest BCUT2D eigenvalue weighted by Crippen LogP contribution is -2.41. The van der Waals surface area contributed by atoms with E-state index in [0.29, 0.717) is 18.5 Å². The Hall–Kier alpha value is -3.23. The first kappa shape index (κ1) is 26.8. The number of nitrogens with zero attached hydrogens (tertiary/aromatic N) is 2. The van der Waals surface area contributed by atoms with Crippen LogP contribution in [0.5, 0.6) is 0 Å². The monoisotopic (exact) mass is 521 g/mol. The van der Waals surface area contributed by atoms with Gasteiger partial charge in [0.2, 0.25) is 15.9 Å². The summed E-state index contributed by atoms with van der Waals surface area (Å²) in [5, 5.41) is 6.95. The number of amides is 1. The molecule has 7 nitrogen and oxygen atoms in total. The molecule has 37 heavy (non-hydrogen) atoms. The molecule has 1 aliphatic heterocycles. The average molecular weight is 522 g/mol. The summed E-state index contributed by atoms with van der Waals surface area (Å²) in [6.45, 7) is 12.3. The lowest BCUT2D eigenvalue weighted by molar-refractivity contribution is -0.120. The van der Waals surface area contributed by atoms with Crippen LogP contribution in [-0.2, 0) is 14.8 Å². The third-order valence-corrected chi connectivity index (χ3v) is 8.94. The van der Waals surface area contributed by atoms with Crippen molar-refractivity contribution in [3.8, 4) is 0 Å². The molecule has 4 rings (SSSR count). The Morgan fingerprint density at radius 1 is 0.919 bits per heavy atom. The summed E-state index contributed by atoms with van der Waals surface area (Å²) in [4.78, 5) is 13.0. The molecule has 196 valence electrons. The fraction of sp³-hybridized carbons (Fsp3) is 0.379. The number of piperidine rings is 1. The minimum Gasteiger partial charge on any atom is -0.355 e. The van der Waals surface area contributed by atoms with E-state index in [-0.39, 0.29) is 35.6 Å². The number of rotatable bonds is 6. The normalized spacial score (nSPS) is 15.4. The predicted octanol–water partition coefficient (Wildman–Crippen LogP) is 5.73. The molecule has 1 amide bonds. The van der Waals surface area contributed by atoms with Crippen molar-refractivity contribution < 1.29 is 17.7 Å². The third kappa shape index (κ3) is 5.86.